The highest BCUT2D eigenvalue weighted by Crippen LogP contribution is 2.24. The molecule has 1 aliphatic rings. The first-order chi connectivity index (χ1) is 12.3. The minimum atomic E-state index is -0.226. The summed E-state index contributed by atoms with van der Waals surface area (Å²) in [5.41, 5.74) is 1.04. The summed E-state index contributed by atoms with van der Waals surface area (Å²) in [6.45, 7) is 9.05. The van der Waals surface area contributed by atoms with Crippen LogP contribution in [0.3, 0.4) is 0 Å². The first-order valence-electron chi connectivity index (χ1n) is 9.03. The topological polar surface area (TPSA) is 68.8 Å². The lowest BCUT2D eigenvalue weighted by Crippen LogP contribution is -2.48. The number of halogens is 2. The predicted molar refractivity (Wildman–Crippen MR) is 127 cm³/mol. The molecule has 1 aromatic carbocycles. The van der Waals surface area contributed by atoms with E-state index in [0.29, 0.717) is 11.9 Å². The summed E-state index contributed by atoms with van der Waals surface area (Å²) in [5, 5.41) is 9.34. The van der Waals surface area contributed by atoms with Crippen molar-refractivity contribution in [3.63, 3.8) is 0 Å². The number of nitrogens with one attached hydrogen (secondary N) is 3. The molecule has 0 radical (unpaired) electrons. The normalized spacial score (nSPS) is 17.3. The third kappa shape index (κ3) is 8.68. The molecule has 1 aromatic rings. The Morgan fingerprint density at radius 2 is 1.93 bits per heavy atom. The molecule has 27 heavy (non-hydrogen) atoms. The number of anilines is 1. The highest BCUT2D eigenvalue weighted by molar-refractivity contribution is 14.0. The maximum Gasteiger partial charge on any atom is 0.239 e. The Morgan fingerprint density at radius 3 is 2.52 bits per heavy atom. The molecule has 1 fully saturated rings. The summed E-state index contributed by atoms with van der Waals surface area (Å²) in [6.07, 6.45) is 1.14. The molecule has 1 amide bonds. The molecule has 0 saturated carbocycles. The van der Waals surface area contributed by atoms with Gasteiger partial charge in [0, 0.05) is 42.4 Å². The molecule has 0 bridgehead atoms. The van der Waals surface area contributed by atoms with Gasteiger partial charge in [0.05, 0.1) is 6.54 Å². The fourth-order valence-electron chi connectivity index (χ4n) is 2.97. The average Bonchev–Trinajstić information content (AvgIpc) is 3.03. The van der Waals surface area contributed by atoms with Gasteiger partial charge in [-0.3, -0.25) is 9.79 Å². The van der Waals surface area contributed by atoms with E-state index in [9.17, 15) is 4.79 Å². The average molecular weight is 552 g/mol. The molecule has 0 spiro atoms. The first-order valence-corrected chi connectivity index (χ1v) is 9.82. The highest BCUT2D eigenvalue weighted by atomic mass is 127. The molecular weight excluding hydrogens is 521 g/mol. The van der Waals surface area contributed by atoms with Crippen molar-refractivity contribution < 1.29 is 4.79 Å². The van der Waals surface area contributed by atoms with E-state index in [1.165, 1.54) is 5.69 Å². The predicted octanol–water partition coefficient (Wildman–Crippen LogP) is 2.97. The van der Waals surface area contributed by atoms with E-state index in [4.69, 9.17) is 0 Å². The van der Waals surface area contributed by atoms with Crippen molar-refractivity contribution in [3.05, 3.63) is 28.7 Å². The molecule has 1 unspecified atom stereocenters. The Labute approximate surface area is 188 Å². The molecule has 1 heterocycles. The van der Waals surface area contributed by atoms with E-state index < -0.39 is 0 Å². The van der Waals surface area contributed by atoms with Crippen LogP contribution in [0, 0.1) is 5.92 Å². The summed E-state index contributed by atoms with van der Waals surface area (Å²) in [5.74, 6) is 1.18. The number of benzene rings is 1. The fourth-order valence-corrected chi connectivity index (χ4v) is 3.24. The fraction of sp³-hybridized carbons (Fsp3) is 0.579. The third-order valence-corrected chi connectivity index (χ3v) is 4.72. The summed E-state index contributed by atoms with van der Waals surface area (Å²) < 4.78 is 1.10. The SMILES string of the molecule is CN=C(NCC(=O)NC(C)(C)C)NCC1CCN(c2ccc(Br)cc2)C1.I. The number of guanidine groups is 1. The van der Waals surface area contributed by atoms with Crippen LogP contribution >= 0.6 is 39.9 Å². The van der Waals surface area contributed by atoms with Crippen molar-refractivity contribution in [1.29, 1.82) is 0 Å². The van der Waals surface area contributed by atoms with Crippen LogP contribution in [0.25, 0.3) is 0 Å². The molecule has 1 saturated heterocycles. The van der Waals surface area contributed by atoms with E-state index in [2.05, 4.69) is 66.0 Å². The van der Waals surface area contributed by atoms with Crippen molar-refractivity contribution in [3.8, 4) is 0 Å². The first kappa shape index (κ1) is 24.0. The molecule has 1 atom stereocenters. The van der Waals surface area contributed by atoms with Gasteiger partial charge in [-0.05, 0) is 57.4 Å². The minimum Gasteiger partial charge on any atom is -0.371 e. The van der Waals surface area contributed by atoms with Crippen molar-refractivity contribution in [1.82, 2.24) is 16.0 Å². The van der Waals surface area contributed by atoms with Crippen molar-refractivity contribution >= 4 is 57.5 Å². The lowest BCUT2D eigenvalue weighted by Gasteiger charge is -2.21. The van der Waals surface area contributed by atoms with E-state index in [-0.39, 0.29) is 42.0 Å². The van der Waals surface area contributed by atoms with Crippen molar-refractivity contribution in [2.45, 2.75) is 32.7 Å². The Balaban J connectivity index is 0.00000364. The van der Waals surface area contributed by atoms with E-state index in [1.54, 1.807) is 7.05 Å². The quantitative estimate of drug-likeness (QED) is 0.299. The van der Waals surface area contributed by atoms with Gasteiger partial charge in [-0.15, -0.1) is 24.0 Å². The van der Waals surface area contributed by atoms with Gasteiger partial charge in [0.15, 0.2) is 5.96 Å². The molecular formula is C19H31BrIN5O. The van der Waals surface area contributed by atoms with Gasteiger partial charge in [-0.1, -0.05) is 15.9 Å². The van der Waals surface area contributed by atoms with Gasteiger partial charge in [-0.25, -0.2) is 0 Å². The van der Waals surface area contributed by atoms with Crippen LogP contribution in [0.2, 0.25) is 0 Å². The molecule has 2 rings (SSSR count). The van der Waals surface area contributed by atoms with Crippen molar-refractivity contribution in [2.24, 2.45) is 10.9 Å². The van der Waals surface area contributed by atoms with Gasteiger partial charge in [-0.2, -0.15) is 0 Å². The Kier molecular flexibility index (Phi) is 9.86. The molecule has 3 N–H and O–H groups in total. The third-order valence-electron chi connectivity index (χ3n) is 4.19. The number of nitrogens with zero attached hydrogens (tertiary/aromatic N) is 2. The lowest BCUT2D eigenvalue weighted by molar-refractivity contribution is -0.121. The van der Waals surface area contributed by atoms with Gasteiger partial charge in [0.25, 0.3) is 0 Å². The Morgan fingerprint density at radius 1 is 1.26 bits per heavy atom. The van der Waals surface area contributed by atoms with Crippen LogP contribution < -0.4 is 20.9 Å². The number of amides is 1. The molecule has 8 heteroatoms. The van der Waals surface area contributed by atoms with Crippen LogP contribution in [-0.2, 0) is 4.79 Å². The summed E-state index contributed by atoms with van der Waals surface area (Å²) >= 11 is 3.48. The number of aliphatic imine (C=N–C) groups is 1. The van der Waals surface area contributed by atoms with Crippen LogP contribution in [0.1, 0.15) is 27.2 Å². The van der Waals surface area contributed by atoms with E-state index in [1.807, 2.05) is 20.8 Å². The monoisotopic (exact) mass is 551 g/mol. The second-order valence-electron chi connectivity index (χ2n) is 7.68. The number of carbonyl (C=O) groups is 1. The second-order valence-corrected chi connectivity index (χ2v) is 8.60. The van der Waals surface area contributed by atoms with Gasteiger partial charge in [0.1, 0.15) is 0 Å². The summed E-state index contributed by atoms with van der Waals surface area (Å²) in [6, 6.07) is 8.45. The van der Waals surface area contributed by atoms with Gasteiger partial charge < -0.3 is 20.9 Å². The van der Waals surface area contributed by atoms with Crippen LogP contribution in [0.4, 0.5) is 5.69 Å². The molecule has 1 aliphatic heterocycles. The second kappa shape index (κ2) is 11.1. The lowest BCUT2D eigenvalue weighted by atomic mass is 10.1. The Bertz CT molecular complexity index is 630. The zero-order valence-electron chi connectivity index (χ0n) is 16.5. The number of hydrogen-bond donors (Lipinski definition) is 3. The van der Waals surface area contributed by atoms with E-state index in [0.717, 1.165) is 30.5 Å². The summed E-state index contributed by atoms with van der Waals surface area (Å²) in [4.78, 5) is 18.5. The largest absolute Gasteiger partial charge is 0.371 e. The van der Waals surface area contributed by atoms with Gasteiger partial charge >= 0.3 is 0 Å². The standard InChI is InChI=1S/C19H30BrN5O.HI/c1-19(2,3)24-17(26)12-23-18(21-4)22-11-14-9-10-25(13-14)16-7-5-15(20)6-8-16;/h5-8,14H,9-13H2,1-4H3,(H,24,26)(H2,21,22,23);1H. The molecule has 152 valence electrons. The maximum absolute atomic E-state index is 11.9. The number of carbonyl (C=O) groups excluding carboxylic acids is 1. The molecule has 0 aromatic heterocycles. The van der Waals surface area contributed by atoms with Crippen LogP contribution in [0.5, 0.6) is 0 Å². The molecule has 6 nitrogen and oxygen atoms in total. The maximum atomic E-state index is 11.9. The van der Waals surface area contributed by atoms with Crippen LogP contribution in [0.15, 0.2) is 33.7 Å². The van der Waals surface area contributed by atoms with E-state index >= 15 is 0 Å². The zero-order chi connectivity index (χ0) is 19.2. The van der Waals surface area contributed by atoms with Crippen LogP contribution in [-0.4, -0.2) is 50.6 Å². The zero-order valence-corrected chi connectivity index (χ0v) is 20.4. The smallest absolute Gasteiger partial charge is 0.239 e. The highest BCUT2D eigenvalue weighted by Gasteiger charge is 2.23. The molecule has 0 aliphatic carbocycles. The van der Waals surface area contributed by atoms with Gasteiger partial charge in [0.2, 0.25) is 5.91 Å². The number of hydrogen-bond acceptors (Lipinski definition) is 3. The summed E-state index contributed by atoms with van der Waals surface area (Å²) in [7, 11) is 1.72. The number of rotatable bonds is 5. The van der Waals surface area contributed by atoms with Crippen molar-refractivity contribution in [2.75, 3.05) is 38.1 Å². The Hall–Kier alpha value is -1.03. The minimum absolute atomic E-state index is 0.